The van der Waals surface area contributed by atoms with Gasteiger partial charge in [-0.1, -0.05) is 45.4 Å². The number of fused-ring (bicyclic) bond motifs is 3. The first-order valence-corrected chi connectivity index (χ1v) is 8.85. The molecule has 0 bridgehead atoms. The Hall–Kier alpha value is -0.600. The third kappa shape index (κ3) is 2.14. The molecule has 6 atom stereocenters. The van der Waals surface area contributed by atoms with Crippen molar-refractivity contribution >= 4 is 0 Å². The van der Waals surface area contributed by atoms with E-state index in [1.807, 2.05) is 6.08 Å². The van der Waals surface area contributed by atoms with E-state index in [0.717, 1.165) is 32.1 Å². The van der Waals surface area contributed by atoms with Crippen LogP contribution in [-0.4, -0.2) is 22.4 Å². The molecular formula is C20H32O2. The summed E-state index contributed by atoms with van der Waals surface area (Å²) >= 11 is 0. The average molecular weight is 304 g/mol. The molecule has 0 aromatic carbocycles. The molecule has 3 aliphatic carbocycles. The van der Waals surface area contributed by atoms with Crippen LogP contribution in [0.5, 0.6) is 0 Å². The van der Waals surface area contributed by atoms with Gasteiger partial charge in [-0.2, -0.15) is 0 Å². The van der Waals surface area contributed by atoms with Crippen LogP contribution in [0, 0.1) is 28.1 Å². The van der Waals surface area contributed by atoms with E-state index in [-0.39, 0.29) is 34.4 Å². The summed E-state index contributed by atoms with van der Waals surface area (Å²) in [6, 6.07) is 0. The summed E-state index contributed by atoms with van der Waals surface area (Å²) in [4.78, 5) is 0. The smallest absolute Gasteiger partial charge is 0.0623 e. The number of rotatable bonds is 1. The maximum absolute atomic E-state index is 11.0. The molecule has 2 saturated carbocycles. The highest BCUT2D eigenvalue weighted by Gasteiger charge is 2.60. The van der Waals surface area contributed by atoms with Gasteiger partial charge in [-0.15, -0.1) is 6.58 Å². The van der Waals surface area contributed by atoms with Gasteiger partial charge >= 0.3 is 0 Å². The zero-order chi connectivity index (χ0) is 16.3. The van der Waals surface area contributed by atoms with Gasteiger partial charge in [0.05, 0.1) is 12.2 Å². The van der Waals surface area contributed by atoms with Crippen LogP contribution in [0.3, 0.4) is 0 Å². The third-order valence-corrected chi connectivity index (χ3v) is 7.28. The predicted molar refractivity (Wildman–Crippen MR) is 90.4 cm³/mol. The Kier molecular flexibility index (Phi) is 3.66. The Morgan fingerprint density at radius 1 is 1.18 bits per heavy atom. The summed E-state index contributed by atoms with van der Waals surface area (Å²) in [5.74, 6) is 0.586. The van der Waals surface area contributed by atoms with Crippen LogP contribution in [0.4, 0.5) is 0 Å². The van der Waals surface area contributed by atoms with Gasteiger partial charge in [0, 0.05) is 16.7 Å². The molecule has 0 amide bonds. The van der Waals surface area contributed by atoms with Crippen LogP contribution >= 0.6 is 0 Å². The van der Waals surface area contributed by atoms with Crippen molar-refractivity contribution in [2.24, 2.45) is 28.1 Å². The van der Waals surface area contributed by atoms with E-state index in [4.69, 9.17) is 0 Å². The van der Waals surface area contributed by atoms with Crippen molar-refractivity contribution in [3.63, 3.8) is 0 Å². The lowest BCUT2D eigenvalue weighted by molar-refractivity contribution is -0.163. The fourth-order valence-electron chi connectivity index (χ4n) is 6.08. The molecule has 0 aromatic heterocycles. The summed E-state index contributed by atoms with van der Waals surface area (Å²) in [6.07, 6.45) is 8.48. The molecule has 3 rings (SSSR count). The fourth-order valence-corrected chi connectivity index (χ4v) is 6.08. The van der Waals surface area contributed by atoms with E-state index in [1.165, 1.54) is 5.57 Å². The van der Waals surface area contributed by atoms with Crippen molar-refractivity contribution in [1.29, 1.82) is 0 Å². The highest BCUT2D eigenvalue weighted by atomic mass is 16.3. The molecule has 124 valence electrons. The second kappa shape index (κ2) is 4.95. The van der Waals surface area contributed by atoms with Gasteiger partial charge in [0.15, 0.2) is 0 Å². The van der Waals surface area contributed by atoms with Crippen molar-refractivity contribution in [1.82, 2.24) is 0 Å². The molecule has 2 fully saturated rings. The number of hydrogen-bond acceptors (Lipinski definition) is 2. The van der Waals surface area contributed by atoms with E-state index in [9.17, 15) is 10.2 Å². The molecule has 0 unspecified atom stereocenters. The zero-order valence-corrected chi connectivity index (χ0v) is 14.6. The van der Waals surface area contributed by atoms with Gasteiger partial charge < -0.3 is 10.2 Å². The molecule has 0 heterocycles. The first-order valence-electron chi connectivity index (χ1n) is 8.85. The van der Waals surface area contributed by atoms with Crippen LogP contribution in [0.15, 0.2) is 24.3 Å². The van der Waals surface area contributed by atoms with Crippen molar-refractivity contribution < 1.29 is 10.2 Å². The quantitative estimate of drug-likeness (QED) is 0.717. The van der Waals surface area contributed by atoms with E-state index < -0.39 is 0 Å². The van der Waals surface area contributed by atoms with Gasteiger partial charge in [0.25, 0.3) is 0 Å². The van der Waals surface area contributed by atoms with Crippen LogP contribution < -0.4 is 0 Å². The lowest BCUT2D eigenvalue weighted by Gasteiger charge is -2.62. The molecule has 0 aromatic rings. The van der Waals surface area contributed by atoms with E-state index >= 15 is 0 Å². The van der Waals surface area contributed by atoms with E-state index in [2.05, 4.69) is 40.3 Å². The minimum absolute atomic E-state index is 0.105. The Labute approximate surface area is 135 Å². The summed E-state index contributed by atoms with van der Waals surface area (Å²) in [6.45, 7) is 13.0. The summed E-state index contributed by atoms with van der Waals surface area (Å²) in [7, 11) is 0. The maximum atomic E-state index is 11.0. The summed E-state index contributed by atoms with van der Waals surface area (Å²) in [5, 5.41) is 21.8. The first-order chi connectivity index (χ1) is 10.1. The highest BCUT2D eigenvalue weighted by Crippen LogP contribution is 2.63. The van der Waals surface area contributed by atoms with E-state index in [0.29, 0.717) is 5.92 Å². The number of aliphatic hydroxyl groups excluding tert-OH is 2. The minimum atomic E-state index is -0.376. The molecule has 2 N–H and O–H groups in total. The molecule has 0 spiro atoms. The van der Waals surface area contributed by atoms with E-state index in [1.54, 1.807) is 0 Å². The van der Waals surface area contributed by atoms with Crippen molar-refractivity contribution in [2.75, 3.05) is 0 Å². The number of aliphatic hydroxyl groups is 2. The SMILES string of the molecule is C=C[C@@]1(C)C=C2CC[C@H]3C(C)(C)CC[C@@H](O)[C@]3(C)[C@H]2[C@H](O)C1. The topological polar surface area (TPSA) is 40.5 Å². The summed E-state index contributed by atoms with van der Waals surface area (Å²) in [5.41, 5.74) is 1.30. The lowest BCUT2D eigenvalue weighted by Crippen LogP contribution is -2.60. The zero-order valence-electron chi connectivity index (χ0n) is 14.6. The van der Waals surface area contributed by atoms with Gasteiger partial charge in [-0.3, -0.25) is 0 Å². The van der Waals surface area contributed by atoms with Crippen LogP contribution in [0.2, 0.25) is 0 Å². The Morgan fingerprint density at radius 3 is 2.50 bits per heavy atom. The largest absolute Gasteiger partial charge is 0.393 e. The van der Waals surface area contributed by atoms with Gasteiger partial charge in [-0.05, 0) is 43.4 Å². The molecule has 22 heavy (non-hydrogen) atoms. The highest BCUT2D eigenvalue weighted by molar-refractivity contribution is 5.29. The predicted octanol–water partition coefficient (Wildman–Crippen LogP) is 4.08. The Bertz CT molecular complexity index is 506. The van der Waals surface area contributed by atoms with Crippen LogP contribution in [0.1, 0.15) is 59.8 Å². The van der Waals surface area contributed by atoms with Crippen molar-refractivity contribution in [2.45, 2.75) is 72.0 Å². The molecule has 0 radical (unpaired) electrons. The molecule has 3 aliphatic rings. The van der Waals surface area contributed by atoms with Gasteiger partial charge in [0.2, 0.25) is 0 Å². The molecule has 2 nitrogen and oxygen atoms in total. The lowest BCUT2D eigenvalue weighted by atomic mass is 9.44. The second-order valence-corrected chi connectivity index (χ2v) is 9.18. The standard InChI is InChI=1S/C20H32O2/c1-6-19(4)11-13-7-8-15-18(2,3)10-9-16(22)20(15,5)17(13)14(21)12-19/h6,11,14-17,21-22H,1,7-10,12H2,2-5H3/t14-,15+,16-,17-,19+,20-/m1/s1. The minimum Gasteiger partial charge on any atom is -0.393 e. The van der Waals surface area contributed by atoms with Crippen LogP contribution in [0.25, 0.3) is 0 Å². The van der Waals surface area contributed by atoms with Gasteiger partial charge in [0.1, 0.15) is 0 Å². The average Bonchev–Trinajstić information content (AvgIpc) is 2.42. The molecule has 2 heteroatoms. The van der Waals surface area contributed by atoms with Crippen molar-refractivity contribution in [3.05, 3.63) is 24.3 Å². The Morgan fingerprint density at radius 2 is 1.86 bits per heavy atom. The number of allylic oxidation sites excluding steroid dienone is 2. The Balaban J connectivity index is 2.07. The normalized spacial score (nSPS) is 50.5. The molecule has 0 saturated heterocycles. The molecule has 0 aliphatic heterocycles. The molecular weight excluding hydrogens is 272 g/mol. The van der Waals surface area contributed by atoms with Crippen LogP contribution in [-0.2, 0) is 0 Å². The third-order valence-electron chi connectivity index (χ3n) is 7.28. The fraction of sp³-hybridized carbons (Fsp3) is 0.800. The maximum Gasteiger partial charge on any atom is 0.0623 e. The van der Waals surface area contributed by atoms with Gasteiger partial charge in [-0.25, -0.2) is 0 Å². The monoisotopic (exact) mass is 304 g/mol. The first kappa shape index (κ1) is 16.3. The summed E-state index contributed by atoms with van der Waals surface area (Å²) < 4.78 is 0. The van der Waals surface area contributed by atoms with Crippen molar-refractivity contribution in [3.8, 4) is 0 Å². The second-order valence-electron chi connectivity index (χ2n) is 9.18. The number of hydrogen-bond donors (Lipinski definition) is 2.